The summed E-state index contributed by atoms with van der Waals surface area (Å²) in [4.78, 5) is 12.2. The third kappa shape index (κ3) is 5.85. The van der Waals surface area contributed by atoms with E-state index < -0.39 is 22.5 Å². The molecule has 0 bridgehead atoms. The van der Waals surface area contributed by atoms with Crippen LogP contribution in [0.2, 0.25) is 0 Å². The van der Waals surface area contributed by atoms with Crippen molar-refractivity contribution in [1.82, 2.24) is 4.31 Å². The van der Waals surface area contributed by atoms with Gasteiger partial charge in [0.15, 0.2) is 0 Å². The van der Waals surface area contributed by atoms with Gasteiger partial charge in [-0.1, -0.05) is 18.2 Å². The lowest BCUT2D eigenvalue weighted by Gasteiger charge is -2.26. The number of nitrogens with one attached hydrogen (secondary N) is 1. The van der Waals surface area contributed by atoms with Crippen molar-refractivity contribution in [2.45, 2.75) is 11.5 Å². The second-order valence-corrected chi connectivity index (χ2v) is 8.25. The zero-order valence-corrected chi connectivity index (χ0v) is 16.6. The van der Waals surface area contributed by atoms with Crippen LogP contribution in [-0.2, 0) is 19.6 Å². The number of benzene rings is 2. The van der Waals surface area contributed by atoms with Gasteiger partial charge in [-0.2, -0.15) is 13.1 Å². The fourth-order valence-electron chi connectivity index (χ4n) is 2.79. The molecule has 1 fully saturated rings. The van der Waals surface area contributed by atoms with E-state index in [4.69, 9.17) is 4.74 Å². The van der Waals surface area contributed by atoms with Gasteiger partial charge in [-0.25, -0.2) is 8.42 Å². The Balaban J connectivity index is 1.64. The molecule has 0 spiro atoms. The van der Waals surface area contributed by atoms with E-state index in [0.29, 0.717) is 24.5 Å². The van der Waals surface area contributed by atoms with E-state index in [1.807, 2.05) is 0 Å². The highest BCUT2D eigenvalue weighted by Crippen LogP contribution is 2.21. The molecule has 1 heterocycles. The molecule has 0 saturated carbocycles. The molecule has 0 atom stereocenters. The van der Waals surface area contributed by atoms with Crippen molar-refractivity contribution in [3.63, 3.8) is 0 Å². The summed E-state index contributed by atoms with van der Waals surface area (Å²) >= 11 is 0. The predicted molar refractivity (Wildman–Crippen MR) is 107 cm³/mol. The maximum atomic E-state index is 12.7. The third-order valence-corrected chi connectivity index (χ3v) is 6.14. The van der Waals surface area contributed by atoms with E-state index in [0.717, 1.165) is 0 Å². The van der Waals surface area contributed by atoms with Crippen LogP contribution in [-0.4, -0.2) is 51.5 Å². The molecular weight excluding hydrogens is 418 g/mol. The molecule has 0 unspecified atom stereocenters. The first-order chi connectivity index (χ1) is 14.3. The lowest BCUT2D eigenvalue weighted by molar-refractivity contribution is -0.111. The van der Waals surface area contributed by atoms with Gasteiger partial charge in [0.05, 0.1) is 18.1 Å². The summed E-state index contributed by atoms with van der Waals surface area (Å²) in [7, 11) is -3.67. The van der Waals surface area contributed by atoms with Crippen LogP contribution in [0.15, 0.2) is 59.5 Å². The zero-order chi connectivity index (χ0) is 21.6. The Morgan fingerprint density at radius 2 is 1.83 bits per heavy atom. The van der Waals surface area contributed by atoms with Gasteiger partial charge in [0.1, 0.15) is 5.75 Å². The zero-order valence-electron chi connectivity index (χ0n) is 15.8. The summed E-state index contributed by atoms with van der Waals surface area (Å²) < 4.78 is 60.5. The second kappa shape index (κ2) is 9.79. The van der Waals surface area contributed by atoms with E-state index in [1.165, 1.54) is 52.9 Å². The van der Waals surface area contributed by atoms with Gasteiger partial charge < -0.3 is 14.8 Å². The lowest BCUT2D eigenvalue weighted by atomic mass is 10.2. The molecule has 1 amide bonds. The van der Waals surface area contributed by atoms with Crippen molar-refractivity contribution in [3.8, 4) is 5.75 Å². The summed E-state index contributed by atoms with van der Waals surface area (Å²) in [5, 5.41) is 2.61. The van der Waals surface area contributed by atoms with Gasteiger partial charge in [-0.3, -0.25) is 4.79 Å². The normalized spacial score (nSPS) is 15.4. The first-order valence-electron chi connectivity index (χ1n) is 9.06. The molecule has 10 heteroatoms. The molecule has 2 aromatic rings. The van der Waals surface area contributed by atoms with Crippen LogP contribution in [0.5, 0.6) is 5.75 Å². The van der Waals surface area contributed by atoms with Crippen LogP contribution in [0.25, 0.3) is 6.08 Å². The van der Waals surface area contributed by atoms with E-state index in [1.54, 1.807) is 12.1 Å². The molecule has 1 aliphatic heterocycles. The highest BCUT2D eigenvalue weighted by Gasteiger charge is 2.26. The molecule has 0 aliphatic carbocycles. The minimum absolute atomic E-state index is 0.0184. The number of amides is 1. The fourth-order valence-corrected chi connectivity index (χ4v) is 4.24. The quantitative estimate of drug-likeness (QED) is 0.672. The van der Waals surface area contributed by atoms with Gasteiger partial charge in [0.2, 0.25) is 15.9 Å². The number of halogens is 2. The van der Waals surface area contributed by atoms with Crippen LogP contribution in [0, 0.1) is 0 Å². The highest BCUT2D eigenvalue weighted by atomic mass is 32.2. The predicted octanol–water partition coefficient (Wildman–Crippen LogP) is 2.96. The van der Waals surface area contributed by atoms with Crippen molar-refractivity contribution in [2.75, 3.05) is 31.6 Å². The van der Waals surface area contributed by atoms with Crippen LogP contribution < -0.4 is 10.1 Å². The summed E-state index contributed by atoms with van der Waals surface area (Å²) in [6, 6.07) is 11.8. The van der Waals surface area contributed by atoms with Crippen molar-refractivity contribution in [2.24, 2.45) is 0 Å². The Labute approximate surface area is 173 Å². The molecule has 0 aromatic heterocycles. The van der Waals surface area contributed by atoms with Crippen molar-refractivity contribution in [3.05, 3.63) is 60.2 Å². The van der Waals surface area contributed by atoms with Gasteiger partial charge in [-0.05, 0) is 42.0 Å². The summed E-state index contributed by atoms with van der Waals surface area (Å²) in [6.45, 7) is -1.66. The molecule has 1 aliphatic rings. The molecule has 7 nitrogen and oxygen atoms in total. The fraction of sp³-hybridized carbons (Fsp3) is 0.250. The standard InChI is InChI=1S/C20H20F2N2O5S/c21-20(22)29-17-7-4-15(5-8-17)6-9-19(25)23-16-2-1-3-18(14-16)30(26,27)24-10-12-28-13-11-24/h1-9,14,20H,10-13H2,(H,23,25)/b9-6+. The van der Waals surface area contributed by atoms with E-state index in [9.17, 15) is 22.0 Å². The van der Waals surface area contributed by atoms with Crippen LogP contribution in [0.3, 0.4) is 0 Å². The van der Waals surface area contributed by atoms with Crippen LogP contribution >= 0.6 is 0 Å². The summed E-state index contributed by atoms with van der Waals surface area (Å²) in [5.41, 5.74) is 0.940. The number of ether oxygens (including phenoxy) is 2. The number of hydrogen-bond donors (Lipinski definition) is 1. The molecule has 0 radical (unpaired) electrons. The number of anilines is 1. The molecule has 30 heavy (non-hydrogen) atoms. The van der Waals surface area contributed by atoms with Gasteiger partial charge in [0.25, 0.3) is 0 Å². The van der Waals surface area contributed by atoms with Crippen molar-refractivity contribution >= 4 is 27.7 Å². The molecule has 1 saturated heterocycles. The average molecular weight is 438 g/mol. The van der Waals surface area contributed by atoms with E-state index in [-0.39, 0.29) is 23.7 Å². The number of nitrogens with zero attached hydrogens (tertiary/aromatic N) is 1. The maximum absolute atomic E-state index is 12.7. The Morgan fingerprint density at radius 3 is 2.50 bits per heavy atom. The van der Waals surface area contributed by atoms with Crippen molar-refractivity contribution in [1.29, 1.82) is 0 Å². The van der Waals surface area contributed by atoms with E-state index >= 15 is 0 Å². The molecular formula is C20H20F2N2O5S. The number of rotatable bonds is 7. The van der Waals surface area contributed by atoms with Crippen molar-refractivity contribution < 1.29 is 31.5 Å². The van der Waals surface area contributed by atoms with Gasteiger partial charge in [-0.15, -0.1) is 0 Å². The lowest BCUT2D eigenvalue weighted by Crippen LogP contribution is -2.40. The van der Waals surface area contributed by atoms with Gasteiger partial charge in [0, 0.05) is 24.9 Å². The average Bonchev–Trinajstić information content (AvgIpc) is 2.74. The molecule has 160 valence electrons. The number of morpholine rings is 1. The Morgan fingerprint density at radius 1 is 1.13 bits per heavy atom. The first kappa shape index (κ1) is 21.9. The summed E-state index contributed by atoms with van der Waals surface area (Å²) in [6.07, 6.45) is 2.75. The number of carbonyl (C=O) groups is 1. The highest BCUT2D eigenvalue weighted by molar-refractivity contribution is 7.89. The van der Waals surface area contributed by atoms with Crippen LogP contribution in [0.4, 0.5) is 14.5 Å². The number of alkyl halides is 2. The second-order valence-electron chi connectivity index (χ2n) is 6.31. The largest absolute Gasteiger partial charge is 0.435 e. The SMILES string of the molecule is O=C(/C=C/c1ccc(OC(F)F)cc1)Nc1cccc(S(=O)(=O)N2CCOCC2)c1. The maximum Gasteiger partial charge on any atom is 0.387 e. The minimum atomic E-state index is -3.67. The van der Waals surface area contributed by atoms with Gasteiger partial charge >= 0.3 is 6.61 Å². The topological polar surface area (TPSA) is 84.9 Å². The minimum Gasteiger partial charge on any atom is -0.435 e. The number of carbonyl (C=O) groups excluding carboxylic acids is 1. The Bertz CT molecular complexity index is 1000. The summed E-state index contributed by atoms with van der Waals surface area (Å²) in [5.74, 6) is -0.450. The monoisotopic (exact) mass is 438 g/mol. The van der Waals surface area contributed by atoms with Crippen LogP contribution in [0.1, 0.15) is 5.56 Å². The Kier molecular flexibility index (Phi) is 7.14. The third-order valence-electron chi connectivity index (χ3n) is 4.24. The smallest absolute Gasteiger partial charge is 0.387 e. The number of sulfonamides is 1. The van der Waals surface area contributed by atoms with E-state index in [2.05, 4.69) is 10.1 Å². The molecule has 3 rings (SSSR count). The number of hydrogen-bond acceptors (Lipinski definition) is 5. The molecule has 2 aromatic carbocycles. The first-order valence-corrected chi connectivity index (χ1v) is 10.5. The Hall–Kier alpha value is -2.82. The molecule has 1 N–H and O–H groups in total.